The van der Waals surface area contributed by atoms with Gasteiger partial charge in [-0.15, -0.1) is 0 Å². The second kappa shape index (κ2) is 4.46. The number of likely N-dealkylation sites (tertiary alicyclic amines) is 1. The van der Waals surface area contributed by atoms with E-state index in [9.17, 15) is 19.2 Å². The Balaban J connectivity index is 1.80. The fraction of sp³-hybridized carbons (Fsp3) is 0.733. The summed E-state index contributed by atoms with van der Waals surface area (Å²) in [6.45, 7) is 5.41. The Morgan fingerprint density at radius 3 is 2.26 bits per heavy atom. The minimum Gasteiger partial charge on any atom is -0.480 e. The first-order valence-corrected chi connectivity index (χ1v) is 7.58. The van der Waals surface area contributed by atoms with Crippen LogP contribution in [-0.4, -0.2) is 58.0 Å². The van der Waals surface area contributed by atoms with E-state index in [1.165, 1.54) is 4.90 Å². The Morgan fingerprint density at radius 1 is 1.26 bits per heavy atom. The van der Waals surface area contributed by atoms with Crippen LogP contribution in [0.15, 0.2) is 0 Å². The van der Waals surface area contributed by atoms with Crippen LogP contribution in [0.1, 0.15) is 33.6 Å². The van der Waals surface area contributed by atoms with Crippen molar-refractivity contribution in [2.75, 3.05) is 13.1 Å². The average Bonchev–Trinajstić information content (AvgIpc) is 3.03. The van der Waals surface area contributed by atoms with Crippen molar-refractivity contribution in [2.45, 2.75) is 44.8 Å². The number of ketones is 1. The molecule has 1 aliphatic carbocycles. The summed E-state index contributed by atoms with van der Waals surface area (Å²) in [5, 5.41) is 11.9. The van der Waals surface area contributed by atoms with Gasteiger partial charge in [-0.05, 0) is 33.6 Å². The number of hydrogen-bond acceptors (Lipinski definition) is 5. The van der Waals surface area contributed by atoms with E-state index in [0.717, 1.165) is 0 Å². The smallest absolute Gasteiger partial charge is 0.410 e. The number of ether oxygens (including phenoxy) is 1. The van der Waals surface area contributed by atoms with Gasteiger partial charge in [0.25, 0.3) is 0 Å². The van der Waals surface area contributed by atoms with E-state index >= 15 is 0 Å². The van der Waals surface area contributed by atoms with E-state index in [2.05, 4.69) is 5.32 Å². The third-order valence-electron chi connectivity index (χ3n) is 4.84. The molecule has 23 heavy (non-hydrogen) atoms. The number of carboxylic acids is 1. The number of hydrogen-bond donors (Lipinski definition) is 2. The molecule has 126 valence electrons. The predicted octanol–water partition coefficient (Wildman–Crippen LogP) is 0.156. The lowest BCUT2D eigenvalue weighted by Crippen LogP contribution is -2.77. The summed E-state index contributed by atoms with van der Waals surface area (Å²) in [4.78, 5) is 49.3. The van der Waals surface area contributed by atoms with Gasteiger partial charge < -0.3 is 20.1 Å². The van der Waals surface area contributed by atoms with Crippen molar-refractivity contribution in [1.29, 1.82) is 0 Å². The fourth-order valence-corrected chi connectivity index (χ4v) is 3.53. The molecule has 8 heteroatoms. The normalized spacial score (nSPS) is 27.4. The molecule has 1 atom stereocenters. The largest absolute Gasteiger partial charge is 0.480 e. The van der Waals surface area contributed by atoms with Crippen molar-refractivity contribution in [3.63, 3.8) is 0 Å². The molecule has 2 aliphatic heterocycles. The van der Waals surface area contributed by atoms with Crippen LogP contribution in [0, 0.1) is 11.3 Å². The second-order valence-corrected chi connectivity index (χ2v) is 7.63. The lowest BCUT2D eigenvalue weighted by Gasteiger charge is -2.55. The Kier molecular flexibility index (Phi) is 3.05. The van der Waals surface area contributed by atoms with Gasteiger partial charge in [-0.3, -0.25) is 14.4 Å². The number of rotatable bonds is 1. The van der Waals surface area contributed by atoms with E-state index in [4.69, 9.17) is 9.84 Å². The van der Waals surface area contributed by atoms with Crippen LogP contribution in [-0.2, 0) is 19.1 Å². The zero-order valence-electron chi connectivity index (χ0n) is 13.3. The number of Topliss-reactive ketones (excluding diaryl/α,β-unsaturated/α-hetero) is 1. The molecule has 1 unspecified atom stereocenters. The molecule has 2 heterocycles. The molecule has 0 aromatic heterocycles. The predicted molar refractivity (Wildman–Crippen MR) is 76.5 cm³/mol. The summed E-state index contributed by atoms with van der Waals surface area (Å²) >= 11 is 0. The molecule has 0 aromatic carbocycles. The van der Waals surface area contributed by atoms with Crippen molar-refractivity contribution in [1.82, 2.24) is 10.2 Å². The van der Waals surface area contributed by atoms with Gasteiger partial charge >= 0.3 is 12.1 Å². The van der Waals surface area contributed by atoms with Gasteiger partial charge in [0.1, 0.15) is 5.60 Å². The summed E-state index contributed by atoms with van der Waals surface area (Å²) in [5.74, 6) is -4.48. The standard InChI is InChI=1S/C15H20N2O6/c1-13(2,3)23-12(22)17-6-14(7-17)9(18)8(11(20)21)10(19)16-15(14)4-5-15/h8H,4-7H2,1-3H3,(H,16,19)(H,20,21). The zero-order chi connectivity index (χ0) is 17.2. The summed E-state index contributed by atoms with van der Waals surface area (Å²) < 4.78 is 5.27. The first kappa shape index (κ1) is 15.8. The summed E-state index contributed by atoms with van der Waals surface area (Å²) in [5.41, 5.74) is -2.34. The number of carbonyl (C=O) groups excluding carboxylic acids is 3. The highest BCUT2D eigenvalue weighted by Gasteiger charge is 2.74. The van der Waals surface area contributed by atoms with E-state index < -0.39 is 46.2 Å². The van der Waals surface area contributed by atoms with Crippen LogP contribution >= 0.6 is 0 Å². The first-order chi connectivity index (χ1) is 10.5. The number of aliphatic carboxylic acids is 1. The van der Waals surface area contributed by atoms with Gasteiger partial charge in [0.15, 0.2) is 11.7 Å². The van der Waals surface area contributed by atoms with Gasteiger partial charge in [0.2, 0.25) is 5.91 Å². The monoisotopic (exact) mass is 324 g/mol. The maximum absolute atomic E-state index is 12.7. The van der Waals surface area contributed by atoms with Crippen LogP contribution in [0.4, 0.5) is 4.79 Å². The Labute approximate surface area is 133 Å². The summed E-state index contributed by atoms with van der Waals surface area (Å²) in [6, 6.07) is 0. The zero-order valence-corrected chi connectivity index (χ0v) is 13.3. The maximum atomic E-state index is 12.7. The molecular weight excluding hydrogens is 304 g/mol. The van der Waals surface area contributed by atoms with Crippen molar-refractivity contribution in [2.24, 2.45) is 11.3 Å². The van der Waals surface area contributed by atoms with E-state index in [0.29, 0.717) is 12.8 Å². The molecular formula is C15H20N2O6. The molecule has 0 bridgehead atoms. The average molecular weight is 324 g/mol. The number of carboxylic acid groups (broad SMARTS) is 1. The molecule has 3 fully saturated rings. The highest BCUT2D eigenvalue weighted by molar-refractivity contribution is 6.21. The van der Waals surface area contributed by atoms with Gasteiger partial charge in [-0.1, -0.05) is 0 Å². The number of fused-ring (bicyclic) bond motifs is 1. The van der Waals surface area contributed by atoms with Crippen molar-refractivity contribution < 1.29 is 29.0 Å². The summed E-state index contributed by atoms with van der Waals surface area (Å²) in [6.07, 6.45) is 0.716. The lowest BCUT2D eigenvalue weighted by molar-refractivity contribution is -0.167. The van der Waals surface area contributed by atoms with Gasteiger partial charge in [-0.25, -0.2) is 4.79 Å². The molecule has 0 aromatic rings. The minimum absolute atomic E-state index is 0.0881. The Bertz CT molecular complexity index is 610. The SMILES string of the molecule is CC(C)(C)OC(=O)N1CC2(C1)C(=O)C(C(=O)O)C(=O)NC21CC1. The molecule has 2 N–H and O–H groups in total. The van der Waals surface area contributed by atoms with Crippen molar-refractivity contribution in [3.05, 3.63) is 0 Å². The molecule has 8 nitrogen and oxygen atoms in total. The van der Waals surface area contributed by atoms with Crippen molar-refractivity contribution in [3.8, 4) is 0 Å². The third kappa shape index (κ3) is 2.19. The molecule has 3 rings (SSSR count). The van der Waals surface area contributed by atoms with Gasteiger partial charge in [0, 0.05) is 13.1 Å². The Hall–Kier alpha value is -2.12. The van der Waals surface area contributed by atoms with Crippen molar-refractivity contribution >= 4 is 23.8 Å². The molecule has 0 radical (unpaired) electrons. The maximum Gasteiger partial charge on any atom is 0.410 e. The lowest BCUT2D eigenvalue weighted by atomic mass is 9.62. The molecule has 2 spiro atoms. The highest BCUT2D eigenvalue weighted by atomic mass is 16.6. The Morgan fingerprint density at radius 2 is 1.83 bits per heavy atom. The quantitative estimate of drug-likeness (QED) is 0.664. The van der Waals surface area contributed by atoms with Crippen LogP contribution in [0.2, 0.25) is 0 Å². The van der Waals surface area contributed by atoms with E-state index in [-0.39, 0.29) is 13.1 Å². The van der Waals surface area contributed by atoms with Crippen LogP contribution in [0.25, 0.3) is 0 Å². The number of nitrogens with one attached hydrogen (secondary N) is 1. The summed E-state index contributed by atoms with van der Waals surface area (Å²) in [7, 11) is 0. The second-order valence-electron chi connectivity index (χ2n) is 7.63. The van der Waals surface area contributed by atoms with Crippen LogP contribution in [0.5, 0.6) is 0 Å². The molecule has 2 saturated heterocycles. The molecule has 1 saturated carbocycles. The van der Waals surface area contributed by atoms with Gasteiger partial charge in [0.05, 0.1) is 11.0 Å². The third-order valence-corrected chi connectivity index (χ3v) is 4.84. The van der Waals surface area contributed by atoms with E-state index in [1.54, 1.807) is 20.8 Å². The van der Waals surface area contributed by atoms with Crippen LogP contribution < -0.4 is 5.32 Å². The number of nitrogens with zero attached hydrogens (tertiary/aromatic N) is 1. The van der Waals surface area contributed by atoms with Gasteiger partial charge in [-0.2, -0.15) is 0 Å². The number of piperidine rings is 1. The highest BCUT2D eigenvalue weighted by Crippen LogP contribution is 2.58. The van der Waals surface area contributed by atoms with Crippen LogP contribution in [0.3, 0.4) is 0 Å². The van der Waals surface area contributed by atoms with E-state index in [1.807, 2.05) is 0 Å². The number of carbonyl (C=O) groups is 4. The molecule has 3 aliphatic rings. The number of amides is 2. The topological polar surface area (TPSA) is 113 Å². The minimum atomic E-state index is -1.69. The molecule has 2 amide bonds. The first-order valence-electron chi connectivity index (χ1n) is 7.58. The fourth-order valence-electron chi connectivity index (χ4n) is 3.53.